The molecule has 0 aliphatic heterocycles. The van der Waals surface area contributed by atoms with E-state index in [0.29, 0.717) is 41.6 Å². The van der Waals surface area contributed by atoms with Gasteiger partial charge < -0.3 is 15.8 Å². The van der Waals surface area contributed by atoms with E-state index < -0.39 is 0 Å². The van der Waals surface area contributed by atoms with E-state index in [9.17, 15) is 0 Å². The number of hydrogen-bond acceptors (Lipinski definition) is 3. The molecule has 0 aliphatic rings. The highest BCUT2D eigenvalue weighted by atomic mass is 35.5. The van der Waals surface area contributed by atoms with Crippen molar-refractivity contribution in [3.8, 4) is 5.88 Å². The molecule has 0 unspecified atom stereocenters. The molecule has 0 fully saturated rings. The number of rotatable bonds is 6. The van der Waals surface area contributed by atoms with Gasteiger partial charge in [-0.3, -0.25) is 4.99 Å². The molecule has 0 atom stereocenters. The van der Waals surface area contributed by atoms with E-state index in [0.717, 1.165) is 6.42 Å². The Bertz CT molecular complexity index is 412. The molecule has 1 rings (SSSR count). The first kappa shape index (κ1) is 14.9. The van der Waals surface area contributed by atoms with E-state index >= 15 is 0 Å². The number of hydrogen-bond donors (Lipinski definition) is 2. The van der Waals surface area contributed by atoms with Crippen LogP contribution in [0, 0.1) is 0 Å². The van der Waals surface area contributed by atoms with Gasteiger partial charge in [-0.05, 0) is 12.5 Å². The van der Waals surface area contributed by atoms with Crippen molar-refractivity contribution in [1.82, 2.24) is 10.3 Å². The maximum absolute atomic E-state index is 5.90. The van der Waals surface area contributed by atoms with Crippen LogP contribution in [0.3, 0.4) is 0 Å². The van der Waals surface area contributed by atoms with Crippen LogP contribution in [0.1, 0.15) is 13.3 Å². The number of aliphatic imine (C=N–C) groups is 1. The average Bonchev–Trinajstić information content (AvgIpc) is 2.34. The molecule has 0 saturated heterocycles. The molecule has 0 bridgehead atoms. The van der Waals surface area contributed by atoms with Crippen LogP contribution in [-0.4, -0.2) is 30.6 Å². The standard InChI is InChI=1S/C11H16Cl2N4O/c1-2-3-15-11(14)16-4-5-18-10-9(13)6-8(12)7-17-10/h6-7H,2-5H2,1H3,(H3,14,15,16). The van der Waals surface area contributed by atoms with Crippen molar-refractivity contribution in [2.75, 3.05) is 19.7 Å². The Labute approximate surface area is 116 Å². The monoisotopic (exact) mass is 290 g/mol. The van der Waals surface area contributed by atoms with Gasteiger partial charge in [0.15, 0.2) is 5.96 Å². The van der Waals surface area contributed by atoms with Crippen LogP contribution in [-0.2, 0) is 0 Å². The average molecular weight is 291 g/mol. The number of aromatic nitrogens is 1. The smallest absolute Gasteiger partial charge is 0.232 e. The zero-order valence-electron chi connectivity index (χ0n) is 10.1. The Morgan fingerprint density at radius 3 is 3.00 bits per heavy atom. The van der Waals surface area contributed by atoms with Gasteiger partial charge in [0.2, 0.25) is 5.88 Å². The van der Waals surface area contributed by atoms with Crippen LogP contribution < -0.4 is 15.8 Å². The molecular formula is C11H16Cl2N4O. The van der Waals surface area contributed by atoms with Crippen molar-refractivity contribution in [1.29, 1.82) is 0 Å². The minimum Gasteiger partial charge on any atom is -0.475 e. The van der Waals surface area contributed by atoms with Gasteiger partial charge in [0.1, 0.15) is 11.6 Å². The molecule has 1 aromatic rings. The van der Waals surface area contributed by atoms with Crippen molar-refractivity contribution < 1.29 is 4.74 Å². The SMILES string of the molecule is CCCN=C(N)NCCOc1ncc(Cl)cc1Cl. The Hall–Kier alpha value is -1.20. The van der Waals surface area contributed by atoms with Crippen LogP contribution in [0.5, 0.6) is 5.88 Å². The van der Waals surface area contributed by atoms with Crippen LogP contribution in [0.4, 0.5) is 0 Å². The van der Waals surface area contributed by atoms with Gasteiger partial charge in [-0.15, -0.1) is 0 Å². The third-order valence-electron chi connectivity index (χ3n) is 1.93. The molecule has 0 aromatic carbocycles. The van der Waals surface area contributed by atoms with E-state index in [1.54, 1.807) is 6.07 Å². The summed E-state index contributed by atoms with van der Waals surface area (Å²) >= 11 is 11.6. The highest BCUT2D eigenvalue weighted by Crippen LogP contribution is 2.24. The largest absolute Gasteiger partial charge is 0.475 e. The van der Waals surface area contributed by atoms with Gasteiger partial charge in [0.05, 0.1) is 11.6 Å². The van der Waals surface area contributed by atoms with Gasteiger partial charge in [-0.25, -0.2) is 4.98 Å². The second kappa shape index (κ2) is 8.00. The summed E-state index contributed by atoms with van der Waals surface area (Å²) in [6.45, 7) is 3.66. The Kier molecular flexibility index (Phi) is 6.60. The van der Waals surface area contributed by atoms with E-state index in [1.807, 2.05) is 6.92 Å². The Morgan fingerprint density at radius 1 is 1.56 bits per heavy atom. The first-order chi connectivity index (χ1) is 8.63. The van der Waals surface area contributed by atoms with Gasteiger partial charge in [0, 0.05) is 12.7 Å². The second-order valence-electron chi connectivity index (χ2n) is 3.48. The summed E-state index contributed by atoms with van der Waals surface area (Å²) < 4.78 is 5.37. The van der Waals surface area contributed by atoms with Crippen LogP contribution in [0.15, 0.2) is 17.3 Å². The fraction of sp³-hybridized carbons (Fsp3) is 0.455. The van der Waals surface area contributed by atoms with Crippen LogP contribution >= 0.6 is 23.2 Å². The van der Waals surface area contributed by atoms with Crippen molar-refractivity contribution in [2.24, 2.45) is 10.7 Å². The molecule has 3 N–H and O–H groups in total. The lowest BCUT2D eigenvalue weighted by Crippen LogP contribution is -2.34. The fourth-order valence-electron chi connectivity index (χ4n) is 1.12. The van der Waals surface area contributed by atoms with Crippen molar-refractivity contribution in [2.45, 2.75) is 13.3 Å². The summed E-state index contributed by atoms with van der Waals surface area (Å²) in [4.78, 5) is 8.05. The van der Waals surface area contributed by atoms with E-state index in [-0.39, 0.29) is 0 Å². The van der Waals surface area contributed by atoms with Crippen molar-refractivity contribution in [3.63, 3.8) is 0 Å². The highest BCUT2D eigenvalue weighted by Gasteiger charge is 2.03. The first-order valence-electron chi connectivity index (χ1n) is 5.61. The molecule has 18 heavy (non-hydrogen) atoms. The predicted octanol–water partition coefficient (Wildman–Crippen LogP) is 2.08. The predicted molar refractivity (Wildman–Crippen MR) is 74.5 cm³/mol. The third-order valence-corrected chi connectivity index (χ3v) is 2.40. The Morgan fingerprint density at radius 2 is 2.33 bits per heavy atom. The molecule has 1 aromatic heterocycles. The van der Waals surface area contributed by atoms with Crippen molar-refractivity contribution in [3.05, 3.63) is 22.3 Å². The lowest BCUT2D eigenvalue weighted by molar-refractivity contribution is 0.310. The van der Waals surface area contributed by atoms with Gasteiger partial charge in [-0.1, -0.05) is 30.1 Å². The van der Waals surface area contributed by atoms with E-state index in [4.69, 9.17) is 33.7 Å². The summed E-state index contributed by atoms with van der Waals surface area (Å²) in [7, 11) is 0. The summed E-state index contributed by atoms with van der Waals surface area (Å²) in [6, 6.07) is 1.58. The molecule has 0 radical (unpaired) electrons. The summed E-state index contributed by atoms with van der Waals surface area (Å²) in [6.07, 6.45) is 2.44. The molecule has 7 heteroatoms. The minimum atomic E-state index is 0.354. The zero-order valence-corrected chi connectivity index (χ0v) is 11.6. The van der Waals surface area contributed by atoms with Crippen LogP contribution in [0.2, 0.25) is 10.0 Å². The summed E-state index contributed by atoms with van der Waals surface area (Å²) in [5.74, 6) is 0.766. The first-order valence-corrected chi connectivity index (χ1v) is 6.36. The van der Waals surface area contributed by atoms with Gasteiger partial charge in [0.25, 0.3) is 0 Å². The number of halogens is 2. The summed E-state index contributed by atoms with van der Waals surface area (Å²) in [5.41, 5.74) is 5.61. The molecule has 0 spiro atoms. The highest BCUT2D eigenvalue weighted by molar-refractivity contribution is 6.35. The number of nitrogens with zero attached hydrogens (tertiary/aromatic N) is 2. The molecule has 0 aliphatic carbocycles. The van der Waals surface area contributed by atoms with E-state index in [1.165, 1.54) is 6.20 Å². The fourth-order valence-corrected chi connectivity index (χ4v) is 1.56. The quantitative estimate of drug-likeness (QED) is 0.478. The zero-order chi connectivity index (χ0) is 13.4. The molecule has 0 amide bonds. The molecule has 0 saturated carbocycles. The number of ether oxygens (including phenoxy) is 1. The second-order valence-corrected chi connectivity index (χ2v) is 4.33. The number of nitrogens with one attached hydrogen (secondary N) is 1. The molecule has 5 nitrogen and oxygen atoms in total. The topological polar surface area (TPSA) is 72.5 Å². The maximum atomic E-state index is 5.90. The Balaban J connectivity index is 2.29. The third kappa shape index (κ3) is 5.42. The lowest BCUT2D eigenvalue weighted by Gasteiger charge is -2.08. The summed E-state index contributed by atoms with van der Waals surface area (Å²) in [5, 5.41) is 3.78. The number of guanidine groups is 1. The van der Waals surface area contributed by atoms with Gasteiger partial charge >= 0.3 is 0 Å². The van der Waals surface area contributed by atoms with Crippen molar-refractivity contribution >= 4 is 29.2 Å². The lowest BCUT2D eigenvalue weighted by atomic mass is 10.5. The maximum Gasteiger partial charge on any atom is 0.232 e. The molecule has 1 heterocycles. The van der Waals surface area contributed by atoms with Crippen LogP contribution in [0.25, 0.3) is 0 Å². The van der Waals surface area contributed by atoms with E-state index in [2.05, 4.69) is 15.3 Å². The number of pyridine rings is 1. The normalized spacial score (nSPS) is 11.4. The number of nitrogens with two attached hydrogens (primary N) is 1. The molecular weight excluding hydrogens is 275 g/mol. The minimum absolute atomic E-state index is 0.354. The van der Waals surface area contributed by atoms with Gasteiger partial charge in [-0.2, -0.15) is 0 Å². The molecule has 100 valence electrons.